The molecule has 0 saturated carbocycles. The number of carbonyl (C=O) groups excluding carboxylic acids is 1. The smallest absolute Gasteiger partial charge is 0.257 e. The lowest BCUT2D eigenvalue weighted by Crippen LogP contribution is -2.49. The number of anilines is 1. The quantitative estimate of drug-likeness (QED) is 0.849. The average molecular weight is 394 g/mol. The topological polar surface area (TPSA) is 56.7 Å². The van der Waals surface area contributed by atoms with Gasteiger partial charge in [0, 0.05) is 32.4 Å². The Kier molecular flexibility index (Phi) is 5.58. The lowest BCUT2D eigenvalue weighted by atomic mass is 9.99. The van der Waals surface area contributed by atoms with Crippen LogP contribution in [0, 0.1) is 0 Å². The van der Waals surface area contributed by atoms with Gasteiger partial charge in [-0.2, -0.15) is 0 Å². The molecule has 0 atom stereocenters. The molecule has 1 aromatic heterocycles. The summed E-state index contributed by atoms with van der Waals surface area (Å²) in [5, 5.41) is 11.1. The number of pyridine rings is 1. The number of phenols is 1. The zero-order valence-corrected chi connectivity index (χ0v) is 16.3. The summed E-state index contributed by atoms with van der Waals surface area (Å²) < 4.78 is 0. The number of piperazine rings is 1. The molecule has 0 radical (unpaired) electrons. The number of hydrogen-bond donors (Lipinski definition) is 1. The molecule has 0 unspecified atom stereocenters. The molecular weight excluding hydrogens is 373 g/mol. The second-order valence-corrected chi connectivity index (χ2v) is 7.51. The minimum atomic E-state index is -0.153. The summed E-state index contributed by atoms with van der Waals surface area (Å²) in [7, 11) is 0. The Morgan fingerprint density at radius 2 is 1.85 bits per heavy atom. The van der Waals surface area contributed by atoms with Crippen molar-refractivity contribution in [3.05, 3.63) is 51.6 Å². The van der Waals surface area contributed by atoms with E-state index in [-0.39, 0.29) is 17.6 Å². The molecule has 138 valence electrons. The highest BCUT2D eigenvalue weighted by molar-refractivity contribution is 6.36. The van der Waals surface area contributed by atoms with Gasteiger partial charge in [-0.3, -0.25) is 4.79 Å². The van der Waals surface area contributed by atoms with Gasteiger partial charge < -0.3 is 14.9 Å². The minimum absolute atomic E-state index is 0.0178. The molecule has 26 heavy (non-hydrogen) atoms. The number of amides is 1. The Labute approximate surface area is 163 Å². The molecule has 1 fully saturated rings. The zero-order valence-electron chi connectivity index (χ0n) is 14.7. The number of aromatic nitrogens is 1. The predicted molar refractivity (Wildman–Crippen MR) is 105 cm³/mol. The van der Waals surface area contributed by atoms with Crippen molar-refractivity contribution < 1.29 is 9.90 Å². The number of aromatic hydroxyl groups is 1. The fourth-order valence-corrected chi connectivity index (χ4v) is 3.52. The Morgan fingerprint density at radius 1 is 1.15 bits per heavy atom. The van der Waals surface area contributed by atoms with E-state index in [2.05, 4.69) is 18.8 Å². The van der Waals surface area contributed by atoms with Gasteiger partial charge in [0.2, 0.25) is 0 Å². The largest absolute Gasteiger partial charge is 0.507 e. The summed E-state index contributed by atoms with van der Waals surface area (Å²) in [5.74, 6) is 0.828. The molecule has 1 amide bonds. The Morgan fingerprint density at radius 3 is 2.46 bits per heavy atom. The van der Waals surface area contributed by atoms with Crippen LogP contribution in [0.3, 0.4) is 0 Å². The van der Waals surface area contributed by atoms with E-state index in [1.165, 1.54) is 0 Å². The van der Waals surface area contributed by atoms with Crippen LogP contribution in [0.1, 0.15) is 35.7 Å². The number of rotatable bonds is 3. The number of halogens is 2. The van der Waals surface area contributed by atoms with E-state index in [1.54, 1.807) is 29.3 Å². The minimum Gasteiger partial charge on any atom is -0.507 e. The maximum atomic E-state index is 12.8. The first-order valence-electron chi connectivity index (χ1n) is 8.55. The number of phenolic OH excluding ortho intramolecular Hbond substituents is 1. The second kappa shape index (κ2) is 7.72. The van der Waals surface area contributed by atoms with Crippen LogP contribution in [0.5, 0.6) is 5.75 Å². The lowest BCUT2D eigenvalue weighted by Gasteiger charge is -2.36. The van der Waals surface area contributed by atoms with Crippen LogP contribution in [0.25, 0.3) is 0 Å². The Hall–Kier alpha value is -1.98. The Bertz CT molecular complexity index is 818. The van der Waals surface area contributed by atoms with Crippen LogP contribution in [-0.2, 0) is 0 Å². The normalized spacial score (nSPS) is 14.8. The molecule has 7 heteroatoms. The van der Waals surface area contributed by atoms with Crippen molar-refractivity contribution in [1.29, 1.82) is 0 Å². The molecule has 1 aliphatic rings. The third kappa shape index (κ3) is 3.89. The van der Waals surface area contributed by atoms with Crippen molar-refractivity contribution >= 4 is 34.9 Å². The van der Waals surface area contributed by atoms with E-state index in [1.807, 2.05) is 11.0 Å². The van der Waals surface area contributed by atoms with Crippen LogP contribution < -0.4 is 4.90 Å². The van der Waals surface area contributed by atoms with Crippen molar-refractivity contribution in [1.82, 2.24) is 9.88 Å². The van der Waals surface area contributed by atoms with E-state index in [0.29, 0.717) is 47.6 Å². The predicted octanol–water partition coefficient (Wildman–Crippen LogP) is 4.18. The van der Waals surface area contributed by atoms with Crippen molar-refractivity contribution in [3.8, 4) is 5.75 Å². The highest BCUT2D eigenvalue weighted by atomic mass is 35.5. The van der Waals surface area contributed by atoms with Crippen LogP contribution in [0.4, 0.5) is 5.82 Å². The number of carbonyl (C=O) groups is 1. The molecule has 1 aliphatic heterocycles. The van der Waals surface area contributed by atoms with Gasteiger partial charge in [-0.05, 0) is 29.7 Å². The molecular formula is C19H21Cl2N3O2. The van der Waals surface area contributed by atoms with Crippen molar-refractivity contribution in [2.75, 3.05) is 31.1 Å². The summed E-state index contributed by atoms with van der Waals surface area (Å²) in [6.45, 7) is 6.41. The zero-order chi connectivity index (χ0) is 18.8. The molecule has 1 saturated heterocycles. The summed E-state index contributed by atoms with van der Waals surface area (Å²) in [6.07, 6.45) is 1.57. The first-order valence-corrected chi connectivity index (χ1v) is 9.30. The molecule has 0 bridgehead atoms. The summed E-state index contributed by atoms with van der Waals surface area (Å²) >= 11 is 12.1. The van der Waals surface area contributed by atoms with Crippen LogP contribution >= 0.6 is 23.2 Å². The highest BCUT2D eigenvalue weighted by Gasteiger charge is 2.26. The van der Waals surface area contributed by atoms with Crippen molar-refractivity contribution in [2.45, 2.75) is 19.8 Å². The number of benzene rings is 1. The third-order valence-electron chi connectivity index (χ3n) is 4.57. The average Bonchev–Trinajstić information content (AvgIpc) is 2.61. The molecule has 3 rings (SSSR count). The molecule has 0 spiro atoms. The van der Waals surface area contributed by atoms with Crippen LogP contribution in [0.15, 0.2) is 30.5 Å². The molecule has 5 nitrogen and oxygen atoms in total. The summed E-state index contributed by atoms with van der Waals surface area (Å²) in [6, 6.07) is 6.89. The van der Waals surface area contributed by atoms with Gasteiger partial charge in [-0.25, -0.2) is 4.98 Å². The monoisotopic (exact) mass is 393 g/mol. The van der Waals surface area contributed by atoms with Gasteiger partial charge in [0.15, 0.2) is 0 Å². The summed E-state index contributed by atoms with van der Waals surface area (Å²) in [5.41, 5.74) is 1.38. The van der Waals surface area contributed by atoms with Gasteiger partial charge in [-0.1, -0.05) is 43.1 Å². The standard InChI is InChI=1S/C19H21Cl2N3O2/c1-12(2)13-3-4-17(25)15(9-13)19(26)24-7-5-23(6-8-24)18-16(21)10-14(20)11-22-18/h3-4,9-12,25H,5-8H2,1-2H3. The van der Waals surface area contributed by atoms with Crippen LogP contribution in [0.2, 0.25) is 10.0 Å². The van der Waals surface area contributed by atoms with E-state index in [9.17, 15) is 9.90 Å². The molecule has 1 aromatic carbocycles. The number of hydrogen-bond acceptors (Lipinski definition) is 4. The van der Waals surface area contributed by atoms with Gasteiger partial charge in [0.05, 0.1) is 15.6 Å². The van der Waals surface area contributed by atoms with Gasteiger partial charge >= 0.3 is 0 Å². The van der Waals surface area contributed by atoms with Gasteiger partial charge in [0.25, 0.3) is 5.91 Å². The third-order valence-corrected chi connectivity index (χ3v) is 5.06. The van der Waals surface area contributed by atoms with E-state index >= 15 is 0 Å². The van der Waals surface area contributed by atoms with E-state index in [4.69, 9.17) is 23.2 Å². The summed E-state index contributed by atoms with van der Waals surface area (Å²) in [4.78, 5) is 20.9. The van der Waals surface area contributed by atoms with Crippen molar-refractivity contribution in [3.63, 3.8) is 0 Å². The molecule has 2 aromatic rings. The van der Waals surface area contributed by atoms with Crippen molar-refractivity contribution in [2.24, 2.45) is 0 Å². The van der Waals surface area contributed by atoms with Gasteiger partial charge in [-0.15, -0.1) is 0 Å². The van der Waals surface area contributed by atoms with Crippen LogP contribution in [-0.4, -0.2) is 47.1 Å². The lowest BCUT2D eigenvalue weighted by molar-refractivity contribution is 0.0743. The fraction of sp³-hybridized carbons (Fsp3) is 0.368. The Balaban J connectivity index is 1.72. The first kappa shape index (κ1) is 18.8. The molecule has 2 heterocycles. The van der Waals surface area contributed by atoms with E-state index in [0.717, 1.165) is 5.56 Å². The van der Waals surface area contributed by atoms with E-state index < -0.39 is 0 Å². The SMILES string of the molecule is CC(C)c1ccc(O)c(C(=O)N2CCN(c3ncc(Cl)cc3Cl)CC2)c1. The maximum absolute atomic E-state index is 12.8. The first-order chi connectivity index (χ1) is 12.4. The number of nitrogens with zero attached hydrogens (tertiary/aromatic N) is 3. The molecule has 1 N–H and O–H groups in total. The second-order valence-electron chi connectivity index (χ2n) is 6.67. The molecule has 0 aliphatic carbocycles. The van der Waals surface area contributed by atoms with Gasteiger partial charge in [0.1, 0.15) is 11.6 Å². The fourth-order valence-electron chi connectivity index (χ4n) is 3.02. The maximum Gasteiger partial charge on any atom is 0.257 e. The highest BCUT2D eigenvalue weighted by Crippen LogP contribution is 2.28.